The standard InChI is InChI=1S/C36H35BO11/c1-4-33(38)45-22-6-5-21-44-29-15-9-26(10-16-29)34(39)46-30-17-11-27(12-18-30)36(41)48-32-20-19-31(23(2)24(32)3)47-35(40)25-7-13-28(14-8-25)37(42)43/h4,7-20,34,39,42-43H,1,5-6,21-22H2,2-3H3. The third-order valence-electron chi connectivity index (χ3n) is 7.26. The molecular formula is C36H35BO11. The first kappa shape index (κ1) is 35.4. The van der Waals surface area contributed by atoms with Gasteiger partial charge in [0.25, 0.3) is 0 Å². The highest BCUT2D eigenvalue weighted by molar-refractivity contribution is 6.58. The van der Waals surface area contributed by atoms with E-state index in [1.165, 1.54) is 60.7 Å². The topological polar surface area (TPSA) is 158 Å². The molecule has 0 aliphatic heterocycles. The SMILES string of the molecule is C=CC(=O)OCCCCOc1ccc(C(O)Oc2ccc(C(=O)Oc3ccc(OC(=O)c4ccc(B(O)O)cc4)c(C)c3C)cc2)cc1. The largest absolute Gasteiger partial charge is 0.494 e. The number of ether oxygens (including phenoxy) is 5. The Balaban J connectivity index is 1.27. The van der Waals surface area contributed by atoms with Crippen molar-refractivity contribution in [2.75, 3.05) is 13.2 Å². The van der Waals surface area contributed by atoms with Gasteiger partial charge >= 0.3 is 25.0 Å². The third kappa shape index (κ3) is 9.79. The lowest BCUT2D eigenvalue weighted by molar-refractivity contribution is -0.137. The Morgan fingerprint density at radius 3 is 1.75 bits per heavy atom. The molecule has 4 rings (SSSR count). The number of benzene rings is 4. The first-order valence-corrected chi connectivity index (χ1v) is 15.0. The number of carbonyl (C=O) groups excluding carboxylic acids is 3. The molecule has 1 unspecified atom stereocenters. The smallest absolute Gasteiger partial charge is 0.488 e. The van der Waals surface area contributed by atoms with Gasteiger partial charge in [0.1, 0.15) is 23.0 Å². The molecule has 0 fully saturated rings. The van der Waals surface area contributed by atoms with Crippen LogP contribution in [-0.4, -0.2) is 53.4 Å². The second-order valence-electron chi connectivity index (χ2n) is 10.6. The molecule has 0 spiro atoms. The van der Waals surface area contributed by atoms with Crippen LogP contribution in [0.3, 0.4) is 0 Å². The van der Waals surface area contributed by atoms with E-state index < -0.39 is 31.3 Å². The molecule has 0 heterocycles. The Kier molecular flexibility index (Phi) is 12.5. The minimum absolute atomic E-state index is 0.227. The molecule has 0 bridgehead atoms. The molecular weight excluding hydrogens is 619 g/mol. The van der Waals surface area contributed by atoms with Crippen molar-refractivity contribution in [2.45, 2.75) is 33.0 Å². The van der Waals surface area contributed by atoms with E-state index in [9.17, 15) is 29.5 Å². The van der Waals surface area contributed by atoms with Gasteiger partial charge in [0.15, 0.2) is 0 Å². The summed E-state index contributed by atoms with van der Waals surface area (Å²) < 4.78 is 27.3. The van der Waals surface area contributed by atoms with Crippen LogP contribution in [0.15, 0.2) is 97.6 Å². The number of rotatable bonds is 15. The van der Waals surface area contributed by atoms with Crippen LogP contribution in [0.25, 0.3) is 0 Å². The quantitative estimate of drug-likeness (QED) is 0.0417. The summed E-state index contributed by atoms with van der Waals surface area (Å²) in [6.07, 6.45) is 1.21. The average molecular weight is 654 g/mol. The van der Waals surface area contributed by atoms with Crippen LogP contribution in [0.5, 0.6) is 23.0 Å². The van der Waals surface area contributed by atoms with Crippen LogP contribution in [0, 0.1) is 13.8 Å². The van der Waals surface area contributed by atoms with Crippen molar-refractivity contribution in [1.82, 2.24) is 0 Å². The van der Waals surface area contributed by atoms with Gasteiger partial charge in [0.2, 0.25) is 6.29 Å². The summed E-state index contributed by atoms with van der Waals surface area (Å²) in [5, 5.41) is 29.0. The minimum Gasteiger partial charge on any atom is -0.494 e. The van der Waals surface area contributed by atoms with Gasteiger partial charge in [-0.25, -0.2) is 14.4 Å². The monoisotopic (exact) mass is 654 g/mol. The summed E-state index contributed by atoms with van der Waals surface area (Å²) in [5.74, 6) is -0.182. The zero-order valence-corrected chi connectivity index (χ0v) is 26.5. The summed E-state index contributed by atoms with van der Waals surface area (Å²) in [4.78, 5) is 36.5. The van der Waals surface area contributed by atoms with Crippen molar-refractivity contribution < 1.29 is 53.2 Å². The van der Waals surface area contributed by atoms with E-state index in [1.54, 1.807) is 38.1 Å². The van der Waals surface area contributed by atoms with Crippen molar-refractivity contribution in [3.05, 3.63) is 125 Å². The van der Waals surface area contributed by atoms with Gasteiger partial charge in [-0.15, -0.1) is 0 Å². The molecule has 0 aromatic heterocycles. The lowest BCUT2D eigenvalue weighted by Gasteiger charge is -2.15. The second-order valence-corrected chi connectivity index (χ2v) is 10.6. The van der Waals surface area contributed by atoms with Crippen LogP contribution in [0.1, 0.15) is 56.5 Å². The number of hydrogen-bond donors (Lipinski definition) is 3. The van der Waals surface area contributed by atoms with Gasteiger partial charge in [-0.2, -0.15) is 0 Å². The fourth-order valence-electron chi connectivity index (χ4n) is 4.32. The summed E-state index contributed by atoms with van der Waals surface area (Å²) >= 11 is 0. The van der Waals surface area contributed by atoms with E-state index in [1.807, 2.05) is 0 Å². The van der Waals surface area contributed by atoms with Crippen molar-refractivity contribution in [3.63, 3.8) is 0 Å². The molecule has 4 aromatic rings. The Hall–Kier alpha value is -5.43. The first-order valence-electron chi connectivity index (χ1n) is 15.0. The van der Waals surface area contributed by atoms with Gasteiger partial charge in [0, 0.05) is 11.6 Å². The maximum Gasteiger partial charge on any atom is 0.488 e. The van der Waals surface area contributed by atoms with E-state index in [-0.39, 0.29) is 28.1 Å². The molecule has 48 heavy (non-hydrogen) atoms. The number of aliphatic hydroxyl groups is 1. The number of aliphatic hydroxyl groups excluding tert-OH is 1. The fraction of sp³-hybridized carbons (Fsp3) is 0.194. The number of carbonyl (C=O) groups is 3. The molecule has 0 saturated heterocycles. The molecule has 0 amide bonds. The van der Waals surface area contributed by atoms with Crippen LogP contribution in [0.2, 0.25) is 0 Å². The van der Waals surface area contributed by atoms with Gasteiger partial charge in [-0.1, -0.05) is 18.7 Å². The van der Waals surface area contributed by atoms with Gasteiger partial charge in [0.05, 0.1) is 24.3 Å². The van der Waals surface area contributed by atoms with E-state index in [0.29, 0.717) is 54.2 Å². The Labute approximate surface area is 278 Å². The number of hydrogen-bond acceptors (Lipinski definition) is 11. The Bertz CT molecular complexity index is 1720. The minimum atomic E-state index is -1.64. The lowest BCUT2D eigenvalue weighted by atomic mass is 9.80. The van der Waals surface area contributed by atoms with Crippen molar-refractivity contribution >= 4 is 30.5 Å². The molecule has 12 heteroatoms. The van der Waals surface area contributed by atoms with Crippen molar-refractivity contribution in [1.29, 1.82) is 0 Å². The summed E-state index contributed by atoms with van der Waals surface area (Å²) in [5.41, 5.74) is 2.41. The Morgan fingerprint density at radius 2 is 1.23 bits per heavy atom. The summed E-state index contributed by atoms with van der Waals surface area (Å²) in [6, 6.07) is 21.6. The lowest BCUT2D eigenvalue weighted by Crippen LogP contribution is -2.29. The maximum atomic E-state index is 12.9. The van der Waals surface area contributed by atoms with Crippen LogP contribution in [-0.2, 0) is 9.53 Å². The zero-order valence-electron chi connectivity index (χ0n) is 26.5. The van der Waals surface area contributed by atoms with Crippen LogP contribution < -0.4 is 24.4 Å². The third-order valence-corrected chi connectivity index (χ3v) is 7.26. The van der Waals surface area contributed by atoms with Gasteiger partial charge in [-0.05, 0) is 116 Å². The molecule has 248 valence electrons. The first-order chi connectivity index (χ1) is 23.0. The average Bonchev–Trinajstić information content (AvgIpc) is 3.09. The normalized spacial score (nSPS) is 11.2. The predicted molar refractivity (Wildman–Crippen MR) is 176 cm³/mol. The fourth-order valence-corrected chi connectivity index (χ4v) is 4.32. The predicted octanol–water partition coefficient (Wildman–Crippen LogP) is 4.38. The highest BCUT2D eigenvalue weighted by Crippen LogP contribution is 2.31. The molecule has 3 N–H and O–H groups in total. The van der Waals surface area contributed by atoms with E-state index >= 15 is 0 Å². The van der Waals surface area contributed by atoms with E-state index in [2.05, 4.69) is 6.58 Å². The molecule has 11 nitrogen and oxygen atoms in total. The molecule has 0 radical (unpaired) electrons. The van der Waals surface area contributed by atoms with Crippen LogP contribution >= 0.6 is 0 Å². The van der Waals surface area contributed by atoms with Gasteiger partial charge in [-0.3, -0.25) is 0 Å². The second kappa shape index (κ2) is 16.9. The molecule has 0 saturated carbocycles. The molecule has 4 aromatic carbocycles. The molecule has 0 aliphatic carbocycles. The van der Waals surface area contributed by atoms with Gasteiger partial charge < -0.3 is 38.8 Å². The molecule has 0 aliphatic rings. The molecule has 1 atom stereocenters. The number of unbranched alkanes of at least 4 members (excludes halogenated alkanes) is 1. The highest BCUT2D eigenvalue weighted by Gasteiger charge is 2.18. The zero-order chi connectivity index (χ0) is 34.6. The van der Waals surface area contributed by atoms with E-state index in [4.69, 9.17) is 23.7 Å². The van der Waals surface area contributed by atoms with Crippen LogP contribution in [0.4, 0.5) is 0 Å². The van der Waals surface area contributed by atoms with Crippen molar-refractivity contribution in [3.8, 4) is 23.0 Å². The maximum absolute atomic E-state index is 12.9. The summed E-state index contributed by atoms with van der Waals surface area (Å²) in [7, 11) is -1.64. The van der Waals surface area contributed by atoms with E-state index in [0.717, 1.165) is 6.08 Å². The Morgan fingerprint density at radius 1 is 0.729 bits per heavy atom. The van der Waals surface area contributed by atoms with Crippen molar-refractivity contribution in [2.24, 2.45) is 0 Å². The summed E-state index contributed by atoms with van der Waals surface area (Å²) in [6.45, 7) is 7.54. The highest BCUT2D eigenvalue weighted by atomic mass is 16.6. The number of esters is 3.